The lowest BCUT2D eigenvalue weighted by Crippen LogP contribution is -2.42. The molecule has 0 spiro atoms. The molecule has 1 heterocycles. The Kier molecular flexibility index (Phi) is 6.13. The first kappa shape index (κ1) is 19.4. The molecule has 3 rings (SSSR count). The second kappa shape index (κ2) is 8.54. The van der Waals surface area contributed by atoms with Crippen molar-refractivity contribution in [2.24, 2.45) is 0 Å². The molecule has 6 nitrogen and oxygen atoms in total. The molecule has 0 radical (unpaired) electrons. The molecule has 1 aliphatic rings. The summed E-state index contributed by atoms with van der Waals surface area (Å²) in [7, 11) is -1.39. The van der Waals surface area contributed by atoms with Gasteiger partial charge in [-0.1, -0.05) is 42.5 Å². The maximum Gasteiger partial charge on any atom is 0.234 e. The molecular formula is C20H24N2O4S. The number of hydrogen-bond acceptors (Lipinski definition) is 5. The van der Waals surface area contributed by atoms with Crippen molar-refractivity contribution in [3.8, 4) is 5.75 Å². The molecular weight excluding hydrogens is 364 g/mol. The number of sulfone groups is 1. The zero-order valence-corrected chi connectivity index (χ0v) is 16.0. The third-order valence-electron chi connectivity index (χ3n) is 4.65. The minimum atomic E-state index is -3.01. The zero-order valence-electron chi connectivity index (χ0n) is 15.2. The third kappa shape index (κ3) is 5.30. The quantitative estimate of drug-likeness (QED) is 0.754. The Morgan fingerprint density at radius 3 is 2.37 bits per heavy atom. The van der Waals surface area contributed by atoms with E-state index in [0.29, 0.717) is 6.42 Å². The molecule has 1 saturated heterocycles. The molecule has 1 amide bonds. The van der Waals surface area contributed by atoms with Gasteiger partial charge < -0.3 is 10.1 Å². The van der Waals surface area contributed by atoms with Gasteiger partial charge >= 0.3 is 0 Å². The van der Waals surface area contributed by atoms with Gasteiger partial charge in [-0.25, -0.2) is 8.42 Å². The summed E-state index contributed by atoms with van der Waals surface area (Å²) in [5, 5.41) is 6.09. The van der Waals surface area contributed by atoms with E-state index in [1.807, 2.05) is 54.6 Å². The maximum atomic E-state index is 12.3. The van der Waals surface area contributed by atoms with Gasteiger partial charge in [-0.05, 0) is 29.7 Å². The average Bonchev–Trinajstić information content (AvgIpc) is 3.01. The molecule has 1 aliphatic heterocycles. The van der Waals surface area contributed by atoms with Crippen molar-refractivity contribution in [3.05, 3.63) is 65.7 Å². The largest absolute Gasteiger partial charge is 0.497 e. The Balaban J connectivity index is 1.67. The van der Waals surface area contributed by atoms with Gasteiger partial charge in [-0.2, -0.15) is 0 Å². The summed E-state index contributed by atoms with van der Waals surface area (Å²) >= 11 is 0. The van der Waals surface area contributed by atoms with Crippen LogP contribution in [0.5, 0.6) is 5.75 Å². The Morgan fingerprint density at radius 1 is 1.11 bits per heavy atom. The lowest BCUT2D eigenvalue weighted by Gasteiger charge is -2.20. The Labute approximate surface area is 159 Å². The summed E-state index contributed by atoms with van der Waals surface area (Å²) in [5.41, 5.74) is 2.05. The van der Waals surface area contributed by atoms with Gasteiger partial charge in [-0.15, -0.1) is 0 Å². The summed E-state index contributed by atoms with van der Waals surface area (Å²) in [6.07, 6.45) is 0.481. The molecule has 27 heavy (non-hydrogen) atoms. The molecule has 0 saturated carbocycles. The maximum absolute atomic E-state index is 12.3. The first-order valence-electron chi connectivity index (χ1n) is 8.89. The highest BCUT2D eigenvalue weighted by atomic mass is 32.2. The lowest BCUT2D eigenvalue weighted by molar-refractivity contribution is -0.120. The normalized spacial score (nSPS) is 19.4. The molecule has 1 fully saturated rings. The highest BCUT2D eigenvalue weighted by Gasteiger charge is 2.29. The average molecular weight is 388 g/mol. The van der Waals surface area contributed by atoms with Crippen LogP contribution in [0.4, 0.5) is 0 Å². The summed E-state index contributed by atoms with van der Waals surface area (Å²) in [4.78, 5) is 12.3. The van der Waals surface area contributed by atoms with Crippen LogP contribution in [0.25, 0.3) is 0 Å². The SMILES string of the molecule is COc1ccc([C@H](NCC(=O)N[C@H]2CCS(=O)(=O)C2)c2ccccc2)cc1. The van der Waals surface area contributed by atoms with E-state index < -0.39 is 9.84 Å². The summed E-state index contributed by atoms with van der Waals surface area (Å²) in [5.74, 6) is 0.737. The van der Waals surface area contributed by atoms with Crippen LogP contribution in [0.3, 0.4) is 0 Å². The molecule has 0 unspecified atom stereocenters. The number of nitrogens with one attached hydrogen (secondary N) is 2. The minimum Gasteiger partial charge on any atom is -0.497 e. The van der Waals surface area contributed by atoms with Crippen molar-refractivity contribution < 1.29 is 17.9 Å². The van der Waals surface area contributed by atoms with E-state index in [4.69, 9.17) is 4.74 Å². The van der Waals surface area contributed by atoms with Crippen LogP contribution in [-0.2, 0) is 14.6 Å². The molecule has 0 aromatic heterocycles. The van der Waals surface area contributed by atoms with Crippen molar-refractivity contribution >= 4 is 15.7 Å². The van der Waals surface area contributed by atoms with Crippen molar-refractivity contribution in [2.75, 3.05) is 25.2 Å². The lowest BCUT2D eigenvalue weighted by atomic mass is 9.98. The van der Waals surface area contributed by atoms with E-state index in [-0.39, 0.29) is 36.0 Å². The second-order valence-corrected chi connectivity index (χ2v) is 8.89. The van der Waals surface area contributed by atoms with Crippen LogP contribution in [-0.4, -0.2) is 45.5 Å². The molecule has 0 bridgehead atoms. The van der Waals surface area contributed by atoms with Gasteiger partial charge in [0.1, 0.15) is 5.75 Å². The summed E-state index contributed by atoms with van der Waals surface area (Å²) in [6.45, 7) is 0.0993. The fraction of sp³-hybridized carbons (Fsp3) is 0.350. The Hall–Kier alpha value is -2.38. The molecule has 2 aromatic rings. The second-order valence-electron chi connectivity index (χ2n) is 6.67. The fourth-order valence-corrected chi connectivity index (χ4v) is 4.93. The van der Waals surface area contributed by atoms with E-state index >= 15 is 0 Å². The van der Waals surface area contributed by atoms with Crippen LogP contribution in [0.1, 0.15) is 23.6 Å². The molecule has 0 aliphatic carbocycles. The zero-order chi connectivity index (χ0) is 19.3. The van der Waals surface area contributed by atoms with E-state index in [2.05, 4.69) is 10.6 Å². The predicted molar refractivity (Wildman–Crippen MR) is 104 cm³/mol. The topological polar surface area (TPSA) is 84.5 Å². The fourth-order valence-electron chi connectivity index (χ4n) is 3.25. The van der Waals surface area contributed by atoms with Crippen LogP contribution >= 0.6 is 0 Å². The molecule has 2 aromatic carbocycles. The first-order chi connectivity index (χ1) is 13.0. The number of amides is 1. The first-order valence-corrected chi connectivity index (χ1v) is 10.7. The van der Waals surface area contributed by atoms with Crippen LogP contribution in [0.15, 0.2) is 54.6 Å². The standard InChI is InChI=1S/C20H24N2O4S/c1-26-18-9-7-16(8-10-18)20(15-5-3-2-4-6-15)21-13-19(23)22-17-11-12-27(24,25)14-17/h2-10,17,20-21H,11-14H2,1H3,(H,22,23)/t17-,20+/m0/s1. The van der Waals surface area contributed by atoms with Crippen LogP contribution in [0.2, 0.25) is 0 Å². The number of carbonyl (C=O) groups excluding carboxylic acids is 1. The number of rotatable bonds is 7. The molecule has 7 heteroatoms. The van der Waals surface area contributed by atoms with Gasteiger partial charge in [0.2, 0.25) is 5.91 Å². The predicted octanol–water partition coefficient (Wildman–Crippen LogP) is 1.68. The summed E-state index contributed by atoms with van der Waals surface area (Å²) in [6, 6.07) is 17.1. The third-order valence-corrected chi connectivity index (χ3v) is 6.41. The van der Waals surface area contributed by atoms with Crippen molar-refractivity contribution in [1.29, 1.82) is 0 Å². The highest BCUT2D eigenvalue weighted by molar-refractivity contribution is 7.91. The number of ether oxygens (including phenoxy) is 1. The van der Waals surface area contributed by atoms with E-state index in [1.165, 1.54) is 0 Å². The number of benzene rings is 2. The van der Waals surface area contributed by atoms with Crippen LogP contribution < -0.4 is 15.4 Å². The van der Waals surface area contributed by atoms with Crippen molar-refractivity contribution in [1.82, 2.24) is 10.6 Å². The smallest absolute Gasteiger partial charge is 0.234 e. The van der Waals surface area contributed by atoms with Crippen molar-refractivity contribution in [2.45, 2.75) is 18.5 Å². The minimum absolute atomic E-state index is 0.0271. The number of hydrogen-bond donors (Lipinski definition) is 2. The Bertz CT molecular complexity index is 867. The number of carbonyl (C=O) groups is 1. The molecule has 2 atom stereocenters. The van der Waals surface area contributed by atoms with E-state index in [1.54, 1.807) is 7.11 Å². The molecule has 2 N–H and O–H groups in total. The van der Waals surface area contributed by atoms with Gasteiger partial charge in [0, 0.05) is 6.04 Å². The van der Waals surface area contributed by atoms with Gasteiger partial charge in [0.25, 0.3) is 0 Å². The van der Waals surface area contributed by atoms with Gasteiger partial charge in [0.15, 0.2) is 9.84 Å². The van der Waals surface area contributed by atoms with Gasteiger partial charge in [0.05, 0.1) is 31.2 Å². The highest BCUT2D eigenvalue weighted by Crippen LogP contribution is 2.24. The van der Waals surface area contributed by atoms with E-state index in [0.717, 1.165) is 16.9 Å². The monoisotopic (exact) mass is 388 g/mol. The summed E-state index contributed by atoms with van der Waals surface area (Å²) < 4.78 is 28.3. The van der Waals surface area contributed by atoms with Crippen molar-refractivity contribution in [3.63, 3.8) is 0 Å². The van der Waals surface area contributed by atoms with Crippen LogP contribution in [0, 0.1) is 0 Å². The van der Waals surface area contributed by atoms with E-state index in [9.17, 15) is 13.2 Å². The molecule has 144 valence electrons. The Morgan fingerprint density at radius 2 is 1.78 bits per heavy atom. The van der Waals surface area contributed by atoms with Gasteiger partial charge in [-0.3, -0.25) is 10.1 Å². The number of methoxy groups -OCH3 is 1.